The molecule has 0 radical (unpaired) electrons. The molecule has 1 aliphatic rings. The molecule has 1 fully saturated rings. The van der Waals surface area contributed by atoms with Crippen LogP contribution in [0.1, 0.15) is 38.4 Å². The molecular formula is C18H30N2O. The van der Waals surface area contributed by atoms with E-state index in [0.29, 0.717) is 6.04 Å². The Hall–Kier alpha value is -0.900. The molecule has 0 saturated carbocycles. The molecule has 1 heterocycles. The Balaban J connectivity index is 1.83. The highest BCUT2D eigenvalue weighted by molar-refractivity contribution is 5.17. The van der Waals surface area contributed by atoms with E-state index in [9.17, 15) is 5.11 Å². The first-order valence-corrected chi connectivity index (χ1v) is 8.27. The van der Waals surface area contributed by atoms with Crippen molar-refractivity contribution in [2.24, 2.45) is 5.92 Å². The van der Waals surface area contributed by atoms with Gasteiger partial charge in [-0.05, 0) is 44.5 Å². The Morgan fingerprint density at radius 2 is 2.05 bits per heavy atom. The molecule has 1 aromatic rings. The first-order chi connectivity index (χ1) is 10.1. The number of likely N-dealkylation sites (tertiary alicyclic amines) is 1. The van der Waals surface area contributed by atoms with Gasteiger partial charge in [0.05, 0.1) is 6.10 Å². The molecule has 0 spiro atoms. The summed E-state index contributed by atoms with van der Waals surface area (Å²) in [7, 11) is 2.18. The van der Waals surface area contributed by atoms with Gasteiger partial charge >= 0.3 is 0 Å². The van der Waals surface area contributed by atoms with Crippen molar-refractivity contribution in [3.8, 4) is 0 Å². The highest BCUT2D eigenvalue weighted by Crippen LogP contribution is 2.23. The second kappa shape index (κ2) is 7.92. The second-order valence-corrected chi connectivity index (χ2v) is 6.48. The lowest BCUT2D eigenvalue weighted by molar-refractivity contribution is 0.0873. The molecule has 2 rings (SSSR count). The molecule has 0 amide bonds. The van der Waals surface area contributed by atoms with E-state index in [1.54, 1.807) is 0 Å². The molecule has 1 N–H and O–H groups in total. The molecular weight excluding hydrogens is 260 g/mol. The van der Waals surface area contributed by atoms with Crippen molar-refractivity contribution < 1.29 is 5.11 Å². The van der Waals surface area contributed by atoms with Crippen LogP contribution in [-0.2, 0) is 0 Å². The van der Waals surface area contributed by atoms with Gasteiger partial charge in [0, 0.05) is 19.1 Å². The maximum atomic E-state index is 10.5. The summed E-state index contributed by atoms with van der Waals surface area (Å²) >= 11 is 0. The van der Waals surface area contributed by atoms with Gasteiger partial charge in [-0.3, -0.25) is 4.90 Å². The first-order valence-electron chi connectivity index (χ1n) is 8.27. The lowest BCUT2D eigenvalue weighted by Gasteiger charge is -2.30. The number of benzene rings is 1. The van der Waals surface area contributed by atoms with Crippen molar-refractivity contribution in [1.29, 1.82) is 0 Å². The van der Waals surface area contributed by atoms with Crippen molar-refractivity contribution in [3.63, 3.8) is 0 Å². The van der Waals surface area contributed by atoms with Crippen LogP contribution in [0.4, 0.5) is 0 Å². The molecule has 3 heteroatoms. The smallest absolute Gasteiger partial charge is 0.0827 e. The fourth-order valence-electron chi connectivity index (χ4n) is 3.52. The molecule has 3 nitrogen and oxygen atoms in total. The summed E-state index contributed by atoms with van der Waals surface area (Å²) in [6, 6.07) is 10.7. The third kappa shape index (κ3) is 4.53. The number of aliphatic hydroxyl groups is 1. The molecule has 1 aliphatic heterocycles. The van der Waals surface area contributed by atoms with Crippen molar-refractivity contribution in [2.45, 2.75) is 38.8 Å². The van der Waals surface area contributed by atoms with Crippen LogP contribution in [0.2, 0.25) is 0 Å². The summed E-state index contributed by atoms with van der Waals surface area (Å²) < 4.78 is 0. The van der Waals surface area contributed by atoms with E-state index in [1.807, 2.05) is 30.3 Å². The van der Waals surface area contributed by atoms with E-state index in [1.165, 1.54) is 19.4 Å². The minimum absolute atomic E-state index is 0.244. The SMILES string of the molecule is CCN1CCCC1CN(C)CC(C)C(O)c1ccccc1. The number of likely N-dealkylation sites (N-methyl/N-ethyl adjacent to an activating group) is 2. The van der Waals surface area contributed by atoms with E-state index in [-0.39, 0.29) is 12.0 Å². The number of aliphatic hydroxyl groups excluding tert-OH is 1. The highest BCUT2D eigenvalue weighted by Gasteiger charge is 2.25. The van der Waals surface area contributed by atoms with E-state index < -0.39 is 0 Å². The Kier molecular flexibility index (Phi) is 6.22. The summed E-state index contributed by atoms with van der Waals surface area (Å²) in [6.45, 7) is 8.84. The monoisotopic (exact) mass is 290 g/mol. The average Bonchev–Trinajstić information content (AvgIpc) is 2.94. The summed E-state index contributed by atoms with van der Waals surface area (Å²) in [5, 5.41) is 10.5. The normalized spacial score (nSPS) is 22.6. The second-order valence-electron chi connectivity index (χ2n) is 6.48. The van der Waals surface area contributed by atoms with Crippen molar-refractivity contribution in [1.82, 2.24) is 9.80 Å². The quantitative estimate of drug-likeness (QED) is 0.836. The summed E-state index contributed by atoms with van der Waals surface area (Å²) in [5.41, 5.74) is 1.02. The predicted molar refractivity (Wildman–Crippen MR) is 88.3 cm³/mol. The molecule has 3 unspecified atom stereocenters. The van der Waals surface area contributed by atoms with Gasteiger partial charge in [0.15, 0.2) is 0 Å². The molecule has 3 atom stereocenters. The number of nitrogens with zero attached hydrogens (tertiary/aromatic N) is 2. The maximum Gasteiger partial charge on any atom is 0.0827 e. The van der Waals surface area contributed by atoms with Crippen LogP contribution >= 0.6 is 0 Å². The van der Waals surface area contributed by atoms with Crippen molar-refractivity contribution in [3.05, 3.63) is 35.9 Å². The molecule has 21 heavy (non-hydrogen) atoms. The Bertz CT molecular complexity index is 409. The topological polar surface area (TPSA) is 26.7 Å². The third-order valence-electron chi connectivity index (χ3n) is 4.71. The van der Waals surface area contributed by atoms with E-state index in [4.69, 9.17) is 0 Å². The summed E-state index contributed by atoms with van der Waals surface area (Å²) in [6.07, 6.45) is 2.27. The van der Waals surface area contributed by atoms with Gasteiger partial charge in [0.1, 0.15) is 0 Å². The number of hydrogen-bond donors (Lipinski definition) is 1. The zero-order chi connectivity index (χ0) is 15.2. The Morgan fingerprint density at radius 1 is 1.33 bits per heavy atom. The van der Waals surface area contributed by atoms with Gasteiger partial charge in [-0.15, -0.1) is 0 Å². The number of hydrogen-bond acceptors (Lipinski definition) is 3. The Labute approximate surface area is 129 Å². The molecule has 0 bridgehead atoms. The zero-order valence-electron chi connectivity index (χ0n) is 13.7. The van der Waals surface area contributed by atoms with Gasteiger partial charge in [0.2, 0.25) is 0 Å². The summed E-state index contributed by atoms with van der Waals surface area (Å²) in [4.78, 5) is 4.96. The van der Waals surface area contributed by atoms with Crippen LogP contribution in [0.5, 0.6) is 0 Å². The fourth-order valence-corrected chi connectivity index (χ4v) is 3.52. The van der Waals surface area contributed by atoms with Crippen molar-refractivity contribution >= 4 is 0 Å². The minimum atomic E-state index is -0.375. The first kappa shape index (κ1) is 16.5. The van der Waals surface area contributed by atoms with Crippen LogP contribution in [-0.4, -0.2) is 54.2 Å². The zero-order valence-corrected chi connectivity index (χ0v) is 13.7. The van der Waals surface area contributed by atoms with E-state index >= 15 is 0 Å². The van der Waals surface area contributed by atoms with Gasteiger partial charge in [-0.1, -0.05) is 44.2 Å². The van der Waals surface area contributed by atoms with E-state index in [0.717, 1.165) is 25.2 Å². The van der Waals surface area contributed by atoms with Gasteiger partial charge in [-0.25, -0.2) is 0 Å². The lowest BCUT2D eigenvalue weighted by atomic mass is 9.97. The van der Waals surface area contributed by atoms with Crippen LogP contribution in [0.15, 0.2) is 30.3 Å². The lowest BCUT2D eigenvalue weighted by Crippen LogP contribution is -2.40. The predicted octanol–water partition coefficient (Wildman–Crippen LogP) is 2.77. The third-order valence-corrected chi connectivity index (χ3v) is 4.71. The van der Waals surface area contributed by atoms with Gasteiger partial charge in [0.25, 0.3) is 0 Å². The molecule has 0 aromatic heterocycles. The van der Waals surface area contributed by atoms with Crippen molar-refractivity contribution in [2.75, 3.05) is 33.2 Å². The standard InChI is InChI=1S/C18H30N2O/c1-4-20-12-8-11-17(20)14-19(3)13-15(2)18(21)16-9-6-5-7-10-16/h5-7,9-10,15,17-18,21H,4,8,11-14H2,1-3H3. The Morgan fingerprint density at radius 3 is 2.71 bits per heavy atom. The summed E-state index contributed by atoms with van der Waals surface area (Å²) in [5.74, 6) is 0.244. The minimum Gasteiger partial charge on any atom is -0.388 e. The highest BCUT2D eigenvalue weighted by atomic mass is 16.3. The fraction of sp³-hybridized carbons (Fsp3) is 0.667. The molecule has 1 saturated heterocycles. The van der Waals surface area contributed by atoms with E-state index in [2.05, 4.69) is 30.7 Å². The average molecular weight is 290 g/mol. The van der Waals surface area contributed by atoms with Gasteiger partial charge < -0.3 is 10.0 Å². The largest absolute Gasteiger partial charge is 0.388 e. The van der Waals surface area contributed by atoms with Gasteiger partial charge in [-0.2, -0.15) is 0 Å². The van der Waals surface area contributed by atoms with Crippen LogP contribution in [0.25, 0.3) is 0 Å². The van der Waals surface area contributed by atoms with Crippen LogP contribution in [0.3, 0.4) is 0 Å². The molecule has 0 aliphatic carbocycles. The maximum absolute atomic E-state index is 10.5. The molecule has 1 aromatic carbocycles. The molecule has 118 valence electrons. The van der Waals surface area contributed by atoms with Crippen LogP contribution in [0, 0.1) is 5.92 Å². The van der Waals surface area contributed by atoms with Crippen LogP contribution < -0.4 is 0 Å². The number of rotatable bonds is 7.